The van der Waals surface area contributed by atoms with Crippen molar-refractivity contribution in [2.24, 2.45) is 11.3 Å². The molecule has 0 radical (unpaired) electrons. The molecule has 0 aromatic carbocycles. The van der Waals surface area contributed by atoms with Crippen LogP contribution >= 0.6 is 0 Å². The molecule has 5 heteroatoms. The van der Waals surface area contributed by atoms with Gasteiger partial charge in [0, 0.05) is 19.1 Å². The summed E-state index contributed by atoms with van der Waals surface area (Å²) in [5.41, 5.74) is -0.672. The molecule has 2 N–H and O–H groups in total. The van der Waals surface area contributed by atoms with E-state index in [1.165, 1.54) is 19.3 Å². The van der Waals surface area contributed by atoms with E-state index in [-0.39, 0.29) is 6.03 Å². The van der Waals surface area contributed by atoms with Gasteiger partial charge in [-0.25, -0.2) is 4.79 Å². The molecule has 0 aromatic rings. The van der Waals surface area contributed by atoms with Crippen molar-refractivity contribution >= 4 is 12.0 Å². The number of aliphatic carboxylic acids is 1. The number of rotatable bonds is 3. The summed E-state index contributed by atoms with van der Waals surface area (Å²) in [7, 11) is 0. The van der Waals surface area contributed by atoms with Gasteiger partial charge in [0.05, 0.1) is 5.41 Å². The molecular weight excluding hydrogens is 268 g/mol. The quantitative estimate of drug-likeness (QED) is 0.841. The standard InChI is InChI=1S/C16H28N2O3/c1-3-12-5-4-6-13(11-12)17-15(21)18-9-7-16(2,8-10-18)14(19)20/h12-13H,3-11H2,1-2H3,(H,17,21)(H,19,20). The van der Waals surface area contributed by atoms with Gasteiger partial charge in [0.2, 0.25) is 0 Å². The lowest BCUT2D eigenvalue weighted by Gasteiger charge is -2.38. The molecule has 2 aliphatic rings. The van der Waals surface area contributed by atoms with Gasteiger partial charge in [-0.3, -0.25) is 4.79 Å². The lowest BCUT2D eigenvalue weighted by atomic mass is 9.80. The van der Waals surface area contributed by atoms with E-state index in [0.717, 1.165) is 18.8 Å². The van der Waals surface area contributed by atoms with Crippen LogP contribution in [0.1, 0.15) is 58.8 Å². The maximum atomic E-state index is 12.3. The molecule has 21 heavy (non-hydrogen) atoms. The van der Waals surface area contributed by atoms with Crippen molar-refractivity contribution in [2.45, 2.75) is 64.8 Å². The molecule has 2 unspecified atom stereocenters. The van der Waals surface area contributed by atoms with Gasteiger partial charge >= 0.3 is 12.0 Å². The fraction of sp³-hybridized carbons (Fsp3) is 0.875. The third-order valence-corrected chi connectivity index (χ3v) is 5.36. The monoisotopic (exact) mass is 296 g/mol. The lowest BCUT2D eigenvalue weighted by Crippen LogP contribution is -2.51. The maximum absolute atomic E-state index is 12.3. The van der Waals surface area contributed by atoms with Gasteiger partial charge < -0.3 is 15.3 Å². The molecule has 120 valence electrons. The highest BCUT2D eigenvalue weighted by molar-refractivity contribution is 5.77. The van der Waals surface area contributed by atoms with Gasteiger partial charge in [0.1, 0.15) is 0 Å². The van der Waals surface area contributed by atoms with Crippen LogP contribution < -0.4 is 5.32 Å². The highest BCUT2D eigenvalue weighted by atomic mass is 16.4. The van der Waals surface area contributed by atoms with E-state index in [1.807, 2.05) is 0 Å². The van der Waals surface area contributed by atoms with Gasteiger partial charge in [0.15, 0.2) is 0 Å². The van der Waals surface area contributed by atoms with Crippen molar-refractivity contribution < 1.29 is 14.7 Å². The number of nitrogens with one attached hydrogen (secondary N) is 1. The van der Waals surface area contributed by atoms with Gasteiger partial charge in [-0.05, 0) is 38.5 Å². The van der Waals surface area contributed by atoms with Crippen molar-refractivity contribution in [1.29, 1.82) is 0 Å². The lowest BCUT2D eigenvalue weighted by molar-refractivity contribution is -0.150. The van der Waals surface area contributed by atoms with E-state index in [4.69, 9.17) is 0 Å². The molecule has 1 aliphatic carbocycles. The number of nitrogens with zero attached hydrogens (tertiary/aromatic N) is 1. The number of carboxylic acids is 1. The molecule has 1 saturated carbocycles. The predicted molar refractivity (Wildman–Crippen MR) is 81.1 cm³/mol. The van der Waals surface area contributed by atoms with Crippen LogP contribution in [0.25, 0.3) is 0 Å². The minimum Gasteiger partial charge on any atom is -0.481 e. The van der Waals surface area contributed by atoms with Crippen LogP contribution in [-0.4, -0.2) is 41.1 Å². The molecule has 1 aliphatic heterocycles. The van der Waals surface area contributed by atoms with Crippen molar-refractivity contribution in [3.05, 3.63) is 0 Å². The largest absolute Gasteiger partial charge is 0.481 e. The zero-order valence-corrected chi connectivity index (χ0v) is 13.2. The maximum Gasteiger partial charge on any atom is 0.317 e. The summed E-state index contributed by atoms with van der Waals surface area (Å²) >= 11 is 0. The predicted octanol–water partition coefficient (Wildman–Crippen LogP) is 2.85. The molecule has 2 amide bonds. The molecular formula is C16H28N2O3. The van der Waals surface area contributed by atoms with Gasteiger partial charge in [-0.2, -0.15) is 0 Å². The molecule has 2 rings (SSSR count). The molecule has 0 aromatic heterocycles. The number of piperidine rings is 1. The Morgan fingerprint density at radius 1 is 1.29 bits per heavy atom. The topological polar surface area (TPSA) is 69.6 Å². The van der Waals surface area contributed by atoms with Gasteiger partial charge in [0.25, 0.3) is 0 Å². The highest BCUT2D eigenvalue weighted by Crippen LogP contribution is 2.31. The van der Waals surface area contributed by atoms with Crippen LogP contribution in [0, 0.1) is 11.3 Å². The minimum absolute atomic E-state index is 0.0100. The summed E-state index contributed by atoms with van der Waals surface area (Å²) in [4.78, 5) is 25.3. The Kier molecular flexibility index (Phi) is 5.12. The SMILES string of the molecule is CCC1CCCC(NC(=O)N2CCC(C)(C(=O)O)CC2)C1. The molecule has 1 saturated heterocycles. The highest BCUT2D eigenvalue weighted by Gasteiger charge is 2.38. The number of urea groups is 1. The molecule has 5 nitrogen and oxygen atoms in total. The molecule has 1 heterocycles. The summed E-state index contributed by atoms with van der Waals surface area (Å²) in [6.45, 7) is 5.07. The molecule has 2 fully saturated rings. The third kappa shape index (κ3) is 3.89. The summed E-state index contributed by atoms with van der Waals surface area (Å²) in [5.74, 6) is -0.0127. The molecule has 2 atom stereocenters. The zero-order chi connectivity index (χ0) is 15.5. The van der Waals surface area contributed by atoms with E-state index in [2.05, 4.69) is 12.2 Å². The summed E-state index contributed by atoms with van der Waals surface area (Å²) < 4.78 is 0. The van der Waals surface area contributed by atoms with E-state index >= 15 is 0 Å². The second-order valence-corrected chi connectivity index (χ2v) is 6.94. The van der Waals surface area contributed by atoms with Crippen LogP contribution in [0.4, 0.5) is 4.79 Å². The number of carbonyl (C=O) groups excluding carboxylic acids is 1. The number of carboxylic acid groups (broad SMARTS) is 1. The number of hydrogen-bond acceptors (Lipinski definition) is 2. The second kappa shape index (κ2) is 6.67. The Balaban J connectivity index is 1.81. The Morgan fingerprint density at radius 2 is 1.95 bits per heavy atom. The first-order valence-electron chi connectivity index (χ1n) is 8.23. The van der Waals surface area contributed by atoms with E-state index in [9.17, 15) is 14.7 Å². The third-order valence-electron chi connectivity index (χ3n) is 5.36. The summed E-state index contributed by atoms with van der Waals surface area (Å²) in [6, 6.07) is 0.285. The van der Waals surface area contributed by atoms with Crippen LogP contribution in [0.5, 0.6) is 0 Å². The number of hydrogen-bond donors (Lipinski definition) is 2. The van der Waals surface area contributed by atoms with Crippen LogP contribution in [0.15, 0.2) is 0 Å². The Morgan fingerprint density at radius 3 is 2.52 bits per heavy atom. The van der Waals surface area contributed by atoms with E-state index < -0.39 is 11.4 Å². The fourth-order valence-electron chi connectivity index (χ4n) is 3.48. The first-order chi connectivity index (χ1) is 9.94. The van der Waals surface area contributed by atoms with Crippen LogP contribution in [0.2, 0.25) is 0 Å². The number of amides is 2. The van der Waals surface area contributed by atoms with Crippen molar-refractivity contribution in [3.63, 3.8) is 0 Å². The smallest absolute Gasteiger partial charge is 0.317 e. The van der Waals surface area contributed by atoms with Crippen molar-refractivity contribution in [3.8, 4) is 0 Å². The number of likely N-dealkylation sites (tertiary alicyclic amines) is 1. The Labute approximate surface area is 127 Å². The first kappa shape index (κ1) is 16.1. The first-order valence-corrected chi connectivity index (χ1v) is 8.23. The Bertz CT molecular complexity index is 389. The van der Waals surface area contributed by atoms with Crippen LogP contribution in [0.3, 0.4) is 0 Å². The van der Waals surface area contributed by atoms with Gasteiger partial charge in [-0.15, -0.1) is 0 Å². The molecule has 0 spiro atoms. The average Bonchev–Trinajstić information content (AvgIpc) is 2.48. The van der Waals surface area contributed by atoms with E-state index in [1.54, 1.807) is 11.8 Å². The van der Waals surface area contributed by atoms with E-state index in [0.29, 0.717) is 32.0 Å². The zero-order valence-electron chi connectivity index (χ0n) is 13.2. The molecule has 0 bridgehead atoms. The number of carbonyl (C=O) groups is 2. The normalized spacial score (nSPS) is 29.0. The van der Waals surface area contributed by atoms with Gasteiger partial charge in [-0.1, -0.05) is 26.2 Å². The average molecular weight is 296 g/mol. The summed E-state index contributed by atoms with van der Waals surface area (Å²) in [6.07, 6.45) is 6.90. The van der Waals surface area contributed by atoms with Crippen molar-refractivity contribution in [2.75, 3.05) is 13.1 Å². The fourth-order valence-corrected chi connectivity index (χ4v) is 3.48. The second-order valence-electron chi connectivity index (χ2n) is 6.94. The van der Waals surface area contributed by atoms with Crippen molar-refractivity contribution in [1.82, 2.24) is 10.2 Å². The minimum atomic E-state index is -0.749. The summed E-state index contributed by atoms with van der Waals surface area (Å²) in [5, 5.41) is 12.4. The Hall–Kier alpha value is -1.26. The van der Waals surface area contributed by atoms with Crippen LogP contribution in [-0.2, 0) is 4.79 Å².